The molecule has 2 aliphatic rings. The van der Waals surface area contributed by atoms with Gasteiger partial charge in [0, 0.05) is 17.3 Å². The lowest BCUT2D eigenvalue weighted by Gasteiger charge is -1.92. The molecule has 2 heterocycles. The Morgan fingerprint density at radius 1 is 1.73 bits per heavy atom. The first-order valence-electron chi connectivity index (χ1n) is 3.18. The normalized spacial score (nSPS) is 19.8. The lowest BCUT2D eigenvalue weighted by Crippen LogP contribution is -2.23. The number of primary amides is 1. The van der Waals surface area contributed by atoms with Gasteiger partial charge in [-0.25, -0.2) is 4.99 Å². The van der Waals surface area contributed by atoms with Crippen molar-refractivity contribution in [2.24, 2.45) is 10.7 Å². The van der Waals surface area contributed by atoms with Gasteiger partial charge in [0.15, 0.2) is 0 Å². The third-order valence-electron chi connectivity index (χ3n) is 1.62. The van der Waals surface area contributed by atoms with E-state index in [9.17, 15) is 4.79 Å². The first-order chi connectivity index (χ1) is 5.29. The van der Waals surface area contributed by atoms with Crippen LogP contribution in [0.25, 0.3) is 0 Å². The maximum Gasteiger partial charge on any atom is 0.268 e. The van der Waals surface area contributed by atoms with Gasteiger partial charge in [0.2, 0.25) is 0 Å². The number of fused-ring (bicyclic) bond motifs is 1. The summed E-state index contributed by atoms with van der Waals surface area (Å²) in [6, 6.07) is 0. The van der Waals surface area contributed by atoms with Gasteiger partial charge in [-0.15, -0.1) is 0 Å². The number of hydrogen-bond donors (Lipinski definition) is 1. The van der Waals surface area contributed by atoms with E-state index in [1.54, 1.807) is 6.20 Å². The van der Waals surface area contributed by atoms with Gasteiger partial charge in [-0.05, 0) is 0 Å². The van der Waals surface area contributed by atoms with Gasteiger partial charge in [0.1, 0.15) is 12.3 Å². The molecule has 0 bridgehead atoms. The summed E-state index contributed by atoms with van der Waals surface area (Å²) in [5, 5.41) is 0. The van der Waals surface area contributed by atoms with Crippen molar-refractivity contribution in [3.8, 4) is 0 Å². The molecular weight excluding hydrogens is 144 g/mol. The summed E-state index contributed by atoms with van der Waals surface area (Å²) in [4.78, 5) is 14.6. The van der Waals surface area contributed by atoms with E-state index in [4.69, 9.17) is 10.5 Å². The van der Waals surface area contributed by atoms with Crippen LogP contribution in [0.4, 0.5) is 0 Å². The fourth-order valence-electron chi connectivity index (χ4n) is 1.09. The highest BCUT2D eigenvalue weighted by atomic mass is 16.5. The molecule has 4 heteroatoms. The van der Waals surface area contributed by atoms with Crippen LogP contribution in [0.1, 0.15) is 0 Å². The predicted molar refractivity (Wildman–Crippen MR) is 38.7 cm³/mol. The van der Waals surface area contributed by atoms with Gasteiger partial charge >= 0.3 is 0 Å². The summed E-state index contributed by atoms with van der Waals surface area (Å²) in [6.07, 6.45) is 3.13. The number of rotatable bonds is 1. The smallest absolute Gasteiger partial charge is 0.268 e. The number of carbonyl (C=O) groups excluding carboxylic acids is 1. The molecular formula is C7H6N2O2. The average Bonchev–Trinajstić information content (AvgIpc) is 2.41. The van der Waals surface area contributed by atoms with Crippen molar-refractivity contribution >= 4 is 11.6 Å². The molecule has 0 aromatic heterocycles. The number of nitrogens with two attached hydrogens (primary N) is 1. The van der Waals surface area contributed by atoms with Gasteiger partial charge in [-0.2, -0.15) is 0 Å². The number of ether oxygens (including phenoxy) is 1. The van der Waals surface area contributed by atoms with Crippen molar-refractivity contribution in [1.29, 1.82) is 0 Å². The summed E-state index contributed by atoms with van der Waals surface area (Å²) < 4.78 is 4.97. The number of carbonyl (C=O) groups is 1. The molecule has 0 aromatic rings. The zero-order chi connectivity index (χ0) is 7.84. The standard InChI is InChI=1S/C7H6N2O2/c8-7(10)6-5-3-11-2-4(5)1-9-6/h1,3H,2H2,(H2,8,10). The summed E-state index contributed by atoms with van der Waals surface area (Å²) in [7, 11) is 0. The Balaban J connectivity index is 2.38. The maximum absolute atomic E-state index is 10.7. The molecule has 0 saturated carbocycles. The van der Waals surface area contributed by atoms with Gasteiger partial charge in [0.05, 0.1) is 6.26 Å². The first kappa shape index (κ1) is 6.15. The third-order valence-corrected chi connectivity index (χ3v) is 1.62. The van der Waals surface area contributed by atoms with Gasteiger partial charge in [0.25, 0.3) is 5.91 Å². The van der Waals surface area contributed by atoms with E-state index in [2.05, 4.69) is 4.99 Å². The van der Waals surface area contributed by atoms with Crippen molar-refractivity contribution in [2.45, 2.75) is 0 Å². The quantitative estimate of drug-likeness (QED) is 0.558. The SMILES string of the molecule is NC(=O)C1=NC=C2COC=C21. The first-order valence-corrected chi connectivity index (χ1v) is 3.18. The molecule has 0 unspecified atom stereocenters. The largest absolute Gasteiger partial charge is 0.496 e. The van der Waals surface area contributed by atoms with Crippen LogP contribution in [0, 0.1) is 0 Å². The van der Waals surface area contributed by atoms with Crippen molar-refractivity contribution < 1.29 is 9.53 Å². The molecule has 0 aliphatic carbocycles. The highest BCUT2D eigenvalue weighted by molar-refractivity contribution is 6.46. The van der Waals surface area contributed by atoms with Gasteiger partial charge < -0.3 is 10.5 Å². The Labute approximate surface area is 63.0 Å². The lowest BCUT2D eigenvalue weighted by atomic mass is 10.1. The molecule has 2 N–H and O–H groups in total. The van der Waals surface area contributed by atoms with Crippen LogP contribution >= 0.6 is 0 Å². The fraction of sp³-hybridized carbons (Fsp3) is 0.143. The Morgan fingerprint density at radius 3 is 3.27 bits per heavy atom. The predicted octanol–water partition coefficient (Wildman–Crippen LogP) is -0.276. The molecule has 4 nitrogen and oxygen atoms in total. The summed E-state index contributed by atoms with van der Waals surface area (Å²) >= 11 is 0. The zero-order valence-corrected chi connectivity index (χ0v) is 5.70. The molecule has 0 aromatic carbocycles. The summed E-state index contributed by atoms with van der Waals surface area (Å²) in [5.41, 5.74) is 7.02. The van der Waals surface area contributed by atoms with Crippen LogP contribution in [0.3, 0.4) is 0 Å². The molecule has 2 aliphatic heterocycles. The Hall–Kier alpha value is -1.58. The van der Waals surface area contributed by atoms with Crippen LogP contribution in [-0.2, 0) is 9.53 Å². The molecule has 0 saturated heterocycles. The van der Waals surface area contributed by atoms with Crippen LogP contribution in [0.5, 0.6) is 0 Å². The number of amides is 1. The molecule has 0 fully saturated rings. The maximum atomic E-state index is 10.7. The second kappa shape index (κ2) is 1.95. The van der Waals surface area contributed by atoms with Crippen LogP contribution in [0.2, 0.25) is 0 Å². The van der Waals surface area contributed by atoms with E-state index in [-0.39, 0.29) is 0 Å². The van der Waals surface area contributed by atoms with Crippen molar-refractivity contribution in [2.75, 3.05) is 6.61 Å². The van der Waals surface area contributed by atoms with E-state index in [1.807, 2.05) is 0 Å². The topological polar surface area (TPSA) is 64.7 Å². The molecule has 0 atom stereocenters. The number of hydrogen-bond acceptors (Lipinski definition) is 3. The zero-order valence-electron chi connectivity index (χ0n) is 5.70. The van der Waals surface area contributed by atoms with Crippen molar-refractivity contribution in [3.05, 3.63) is 23.6 Å². The van der Waals surface area contributed by atoms with Crippen molar-refractivity contribution in [3.63, 3.8) is 0 Å². The van der Waals surface area contributed by atoms with Crippen LogP contribution in [0.15, 0.2) is 28.6 Å². The third kappa shape index (κ3) is 0.756. The molecule has 0 spiro atoms. The van der Waals surface area contributed by atoms with E-state index in [0.717, 1.165) is 11.1 Å². The molecule has 2 rings (SSSR count). The monoisotopic (exact) mass is 150 g/mol. The molecule has 56 valence electrons. The summed E-state index contributed by atoms with van der Waals surface area (Å²) in [5.74, 6) is -0.506. The van der Waals surface area contributed by atoms with E-state index < -0.39 is 5.91 Å². The highest BCUT2D eigenvalue weighted by Crippen LogP contribution is 2.24. The average molecular weight is 150 g/mol. The fourth-order valence-corrected chi connectivity index (χ4v) is 1.09. The Morgan fingerprint density at radius 2 is 2.55 bits per heavy atom. The van der Waals surface area contributed by atoms with E-state index in [1.165, 1.54) is 6.26 Å². The molecule has 0 radical (unpaired) electrons. The molecule has 11 heavy (non-hydrogen) atoms. The van der Waals surface area contributed by atoms with Gasteiger partial charge in [-0.3, -0.25) is 4.79 Å². The second-order valence-electron chi connectivity index (χ2n) is 2.34. The lowest BCUT2D eigenvalue weighted by molar-refractivity contribution is -0.111. The number of aliphatic imine (C=N–C) groups is 1. The van der Waals surface area contributed by atoms with Crippen molar-refractivity contribution in [1.82, 2.24) is 0 Å². The van der Waals surface area contributed by atoms with E-state index >= 15 is 0 Å². The minimum atomic E-state index is -0.506. The van der Waals surface area contributed by atoms with Crippen LogP contribution < -0.4 is 5.73 Å². The second-order valence-corrected chi connectivity index (χ2v) is 2.34. The minimum absolute atomic E-state index is 0.303. The number of nitrogens with zero attached hydrogens (tertiary/aromatic N) is 1. The van der Waals surface area contributed by atoms with Gasteiger partial charge in [-0.1, -0.05) is 0 Å². The highest BCUT2D eigenvalue weighted by Gasteiger charge is 2.25. The van der Waals surface area contributed by atoms with Crippen LogP contribution in [-0.4, -0.2) is 18.2 Å². The van der Waals surface area contributed by atoms with E-state index in [0.29, 0.717) is 12.3 Å². The Kier molecular flexibility index (Phi) is 1.09. The minimum Gasteiger partial charge on any atom is -0.496 e. The molecule has 1 amide bonds. The Bertz CT molecular complexity index is 312. The summed E-state index contributed by atoms with van der Waals surface area (Å²) in [6.45, 7) is 0.496.